The fourth-order valence-electron chi connectivity index (χ4n) is 3.66. The lowest BCUT2D eigenvalue weighted by Crippen LogP contribution is -2.35. The number of halogens is 1. The molecule has 0 amide bonds. The van der Waals surface area contributed by atoms with Crippen LogP contribution < -0.4 is 0 Å². The van der Waals surface area contributed by atoms with Gasteiger partial charge in [0.15, 0.2) is 5.82 Å². The second-order valence-corrected chi connectivity index (χ2v) is 7.10. The second-order valence-electron chi connectivity index (χ2n) is 7.10. The molecule has 0 aliphatic carbocycles. The summed E-state index contributed by atoms with van der Waals surface area (Å²) in [6.45, 7) is 3.29. The Morgan fingerprint density at radius 1 is 1.31 bits per heavy atom. The van der Waals surface area contributed by atoms with Gasteiger partial charge < -0.3 is 9.47 Å². The van der Waals surface area contributed by atoms with Crippen LogP contribution in [0.15, 0.2) is 29.5 Å². The van der Waals surface area contributed by atoms with Crippen LogP contribution in [-0.2, 0) is 16.0 Å². The summed E-state index contributed by atoms with van der Waals surface area (Å²) in [6.07, 6.45) is 4.24. The van der Waals surface area contributed by atoms with E-state index in [1.54, 1.807) is 23.4 Å². The molecule has 0 spiro atoms. The maximum Gasteiger partial charge on any atom is 0.356 e. The lowest BCUT2D eigenvalue weighted by Gasteiger charge is -2.27. The summed E-state index contributed by atoms with van der Waals surface area (Å²) >= 11 is 0. The van der Waals surface area contributed by atoms with Gasteiger partial charge in [-0.05, 0) is 17.2 Å². The molecule has 3 heterocycles. The number of allylic oxidation sites excluding steroid dienone is 1. The molecular formula is C21H23FN4O3. The Balaban J connectivity index is 1.82. The second kappa shape index (κ2) is 8.26. The first-order chi connectivity index (χ1) is 14.1. The number of hydrogen-bond donors (Lipinski definition) is 0. The minimum Gasteiger partial charge on any atom is -0.464 e. The minimum atomic E-state index is -0.593. The summed E-state index contributed by atoms with van der Waals surface area (Å²) in [7, 11) is 3.11. The number of benzene rings is 1. The molecule has 0 radical (unpaired) electrons. The third kappa shape index (κ3) is 3.99. The monoisotopic (exact) mass is 398 g/mol. The van der Waals surface area contributed by atoms with Crippen molar-refractivity contribution in [2.24, 2.45) is 5.10 Å². The number of fused-ring (bicyclic) bond motifs is 1. The van der Waals surface area contributed by atoms with Gasteiger partial charge in [0.25, 0.3) is 0 Å². The maximum atomic E-state index is 15.5. The molecule has 0 saturated carbocycles. The Hall–Kier alpha value is -2.84. The number of esters is 1. The first-order valence-corrected chi connectivity index (χ1v) is 9.53. The number of hydrazone groups is 1. The normalized spacial score (nSPS) is 17.5. The topological polar surface area (TPSA) is 67.3 Å². The molecule has 1 saturated heterocycles. The number of ether oxygens (including phenoxy) is 2. The Morgan fingerprint density at radius 3 is 2.83 bits per heavy atom. The molecule has 0 N–H and O–H groups in total. The molecule has 1 fully saturated rings. The van der Waals surface area contributed by atoms with Gasteiger partial charge in [-0.2, -0.15) is 5.10 Å². The molecule has 4 rings (SSSR count). The Bertz CT molecular complexity index is 999. The summed E-state index contributed by atoms with van der Waals surface area (Å²) < 4.78 is 25.7. The van der Waals surface area contributed by atoms with E-state index in [2.05, 4.69) is 15.0 Å². The van der Waals surface area contributed by atoms with Gasteiger partial charge in [-0.3, -0.25) is 9.91 Å². The molecule has 152 valence electrons. The molecule has 0 atom stereocenters. The number of methoxy groups -OCH3 is 1. The molecule has 2 aliphatic heterocycles. The van der Waals surface area contributed by atoms with Crippen molar-refractivity contribution in [3.63, 3.8) is 0 Å². The van der Waals surface area contributed by atoms with Gasteiger partial charge in [0.1, 0.15) is 11.2 Å². The van der Waals surface area contributed by atoms with E-state index in [0.717, 1.165) is 24.2 Å². The highest BCUT2D eigenvalue weighted by atomic mass is 19.1. The van der Waals surface area contributed by atoms with Crippen LogP contribution in [0.1, 0.15) is 28.0 Å². The van der Waals surface area contributed by atoms with Crippen molar-refractivity contribution in [2.75, 3.05) is 40.5 Å². The van der Waals surface area contributed by atoms with Crippen LogP contribution in [0.3, 0.4) is 0 Å². The fourth-order valence-corrected chi connectivity index (χ4v) is 3.66. The summed E-state index contributed by atoms with van der Waals surface area (Å²) in [4.78, 5) is 18.6. The first kappa shape index (κ1) is 19.5. The summed E-state index contributed by atoms with van der Waals surface area (Å²) in [5.74, 6) is -0.996. The van der Waals surface area contributed by atoms with Crippen LogP contribution in [0.5, 0.6) is 0 Å². The molecule has 29 heavy (non-hydrogen) atoms. The highest BCUT2D eigenvalue weighted by Gasteiger charge is 2.21. The molecule has 0 unspecified atom stereocenters. The van der Waals surface area contributed by atoms with Crippen LogP contribution in [0.4, 0.5) is 4.39 Å². The van der Waals surface area contributed by atoms with Crippen molar-refractivity contribution in [3.05, 3.63) is 47.0 Å². The molecule has 1 aromatic carbocycles. The number of carbonyl (C=O) groups is 1. The van der Waals surface area contributed by atoms with Crippen molar-refractivity contribution in [3.8, 4) is 0 Å². The van der Waals surface area contributed by atoms with Crippen molar-refractivity contribution >= 4 is 28.7 Å². The molecule has 8 heteroatoms. The Kier molecular flexibility index (Phi) is 5.55. The van der Waals surface area contributed by atoms with Crippen LogP contribution in [0.2, 0.25) is 0 Å². The predicted octanol–water partition coefficient (Wildman–Crippen LogP) is 2.65. The van der Waals surface area contributed by atoms with Crippen LogP contribution in [0, 0.1) is 5.82 Å². The van der Waals surface area contributed by atoms with Gasteiger partial charge in [0.2, 0.25) is 0 Å². The molecule has 0 bridgehead atoms. The average molecular weight is 398 g/mol. The number of morpholine rings is 1. The Morgan fingerprint density at radius 2 is 2.10 bits per heavy atom. The van der Waals surface area contributed by atoms with Crippen LogP contribution in [0.25, 0.3) is 16.5 Å². The van der Waals surface area contributed by atoms with Gasteiger partial charge in [0.05, 0.1) is 20.3 Å². The summed E-state index contributed by atoms with van der Waals surface area (Å²) in [6, 6.07) is 5.34. The molecule has 2 aliphatic rings. The summed E-state index contributed by atoms with van der Waals surface area (Å²) in [5.41, 5.74) is 2.50. The van der Waals surface area contributed by atoms with E-state index in [0.29, 0.717) is 37.1 Å². The van der Waals surface area contributed by atoms with E-state index in [4.69, 9.17) is 9.47 Å². The van der Waals surface area contributed by atoms with Gasteiger partial charge in [-0.15, -0.1) is 0 Å². The lowest BCUT2D eigenvalue weighted by atomic mass is 9.96. The molecule has 1 aromatic heterocycles. The zero-order valence-electron chi connectivity index (χ0n) is 16.5. The number of rotatable bonds is 4. The third-order valence-electron chi connectivity index (χ3n) is 5.16. The largest absolute Gasteiger partial charge is 0.464 e. The van der Waals surface area contributed by atoms with Gasteiger partial charge in [-0.1, -0.05) is 12.1 Å². The van der Waals surface area contributed by atoms with E-state index in [-0.39, 0.29) is 11.2 Å². The zero-order chi connectivity index (χ0) is 20.4. The van der Waals surface area contributed by atoms with Crippen molar-refractivity contribution in [1.29, 1.82) is 0 Å². The quantitative estimate of drug-likeness (QED) is 0.738. The number of pyridine rings is 1. The molecule has 7 nitrogen and oxygen atoms in total. The van der Waals surface area contributed by atoms with E-state index >= 15 is 4.39 Å². The molecular weight excluding hydrogens is 375 g/mol. The van der Waals surface area contributed by atoms with Crippen molar-refractivity contribution in [2.45, 2.75) is 13.0 Å². The fraction of sp³-hybridized carbons (Fsp3) is 0.381. The maximum absolute atomic E-state index is 15.5. The van der Waals surface area contributed by atoms with E-state index in [1.165, 1.54) is 7.11 Å². The summed E-state index contributed by atoms with van der Waals surface area (Å²) in [5, 5.41) is 6.54. The number of carbonyl (C=O) groups excluding carboxylic acids is 1. The smallest absolute Gasteiger partial charge is 0.356 e. The standard InChI is InChI=1S/C21H23FN4O3/c1-25-12-14(5-6-23-25)17-11-18(21(27)28-2)24-20-16(17)4-3-15(19(20)22)13-26-7-9-29-10-8-26/h3-4,6,11-12H,5,7-10,13H2,1-2H3. The highest BCUT2D eigenvalue weighted by molar-refractivity contribution is 5.99. The SMILES string of the molecule is COC(=O)c1cc(C2=CN(C)N=CC2)c2ccc(CN3CCOCC3)c(F)c2n1. The molecule has 2 aromatic rings. The van der Waals surface area contributed by atoms with E-state index in [1.807, 2.05) is 19.3 Å². The van der Waals surface area contributed by atoms with Gasteiger partial charge >= 0.3 is 5.97 Å². The van der Waals surface area contributed by atoms with E-state index < -0.39 is 11.8 Å². The number of hydrogen-bond acceptors (Lipinski definition) is 7. The lowest BCUT2D eigenvalue weighted by molar-refractivity contribution is 0.0337. The number of aromatic nitrogens is 1. The van der Waals surface area contributed by atoms with Crippen LogP contribution in [-0.4, -0.2) is 67.5 Å². The van der Waals surface area contributed by atoms with Crippen molar-refractivity contribution in [1.82, 2.24) is 14.9 Å². The Labute approximate surface area is 168 Å². The van der Waals surface area contributed by atoms with Crippen molar-refractivity contribution < 1.29 is 18.7 Å². The van der Waals surface area contributed by atoms with E-state index in [9.17, 15) is 4.79 Å². The first-order valence-electron chi connectivity index (χ1n) is 9.53. The average Bonchev–Trinajstić information content (AvgIpc) is 2.75. The highest BCUT2D eigenvalue weighted by Crippen LogP contribution is 2.31. The van der Waals surface area contributed by atoms with Gasteiger partial charge in [0, 0.05) is 56.5 Å². The van der Waals surface area contributed by atoms with Crippen LogP contribution >= 0.6 is 0 Å². The number of nitrogens with zero attached hydrogens (tertiary/aromatic N) is 4. The predicted molar refractivity (Wildman–Crippen MR) is 108 cm³/mol. The minimum absolute atomic E-state index is 0.0866. The van der Waals surface area contributed by atoms with Gasteiger partial charge in [-0.25, -0.2) is 14.2 Å². The third-order valence-corrected chi connectivity index (χ3v) is 5.16. The zero-order valence-corrected chi connectivity index (χ0v) is 16.5.